The smallest absolute Gasteiger partial charge is 0.415 e. The van der Waals surface area contributed by atoms with Gasteiger partial charge in [-0.1, -0.05) is 48.5 Å². The van der Waals surface area contributed by atoms with Gasteiger partial charge in [0.05, 0.1) is 11.1 Å². The van der Waals surface area contributed by atoms with Crippen molar-refractivity contribution in [2.75, 3.05) is 11.9 Å². The third-order valence-electron chi connectivity index (χ3n) is 3.76. The number of pyridine rings is 1. The first-order valence-corrected chi connectivity index (χ1v) is 7.64. The summed E-state index contributed by atoms with van der Waals surface area (Å²) in [4.78, 5) is 29.3. The highest BCUT2D eigenvalue weighted by Crippen LogP contribution is 2.23. The van der Waals surface area contributed by atoms with Gasteiger partial charge < -0.3 is 9.84 Å². The van der Waals surface area contributed by atoms with Gasteiger partial charge in [0.25, 0.3) is 0 Å². The first kappa shape index (κ1) is 16.4. The number of carbonyl (C=O) groups is 2. The lowest BCUT2D eigenvalue weighted by molar-refractivity contribution is 0.0698. The Hall–Kier alpha value is -3.41. The molecule has 0 aliphatic heterocycles. The number of hydrogen-bond acceptors (Lipinski definition) is 4. The Morgan fingerprint density at radius 3 is 2.48 bits per heavy atom. The van der Waals surface area contributed by atoms with Gasteiger partial charge in [0.2, 0.25) is 0 Å². The van der Waals surface area contributed by atoms with Crippen molar-refractivity contribution in [1.29, 1.82) is 0 Å². The summed E-state index contributed by atoms with van der Waals surface area (Å²) in [5, 5.41) is 9.94. The molecule has 0 fully saturated rings. The van der Waals surface area contributed by atoms with Crippen molar-refractivity contribution in [3.63, 3.8) is 0 Å². The molecule has 0 aliphatic rings. The fourth-order valence-electron chi connectivity index (χ4n) is 2.42. The third kappa shape index (κ3) is 3.58. The van der Waals surface area contributed by atoms with Gasteiger partial charge in [-0.2, -0.15) is 0 Å². The number of aromatic carboxylic acids is 1. The Bertz CT molecular complexity index is 925. The summed E-state index contributed by atoms with van der Waals surface area (Å²) in [5.41, 5.74) is 1.45. The van der Waals surface area contributed by atoms with E-state index in [0.29, 0.717) is 10.9 Å². The molecule has 1 aromatic heterocycles. The molecule has 3 rings (SSSR count). The van der Waals surface area contributed by atoms with Crippen LogP contribution < -0.4 is 4.90 Å². The predicted molar refractivity (Wildman–Crippen MR) is 93.7 cm³/mol. The lowest BCUT2D eigenvalue weighted by atomic mass is 10.1. The molecule has 0 spiro atoms. The summed E-state index contributed by atoms with van der Waals surface area (Å²) >= 11 is 0. The van der Waals surface area contributed by atoms with E-state index in [4.69, 9.17) is 4.74 Å². The van der Waals surface area contributed by atoms with Gasteiger partial charge >= 0.3 is 12.1 Å². The van der Waals surface area contributed by atoms with Crippen LogP contribution in [0.2, 0.25) is 0 Å². The van der Waals surface area contributed by atoms with E-state index in [1.807, 2.05) is 30.3 Å². The largest absolute Gasteiger partial charge is 0.478 e. The van der Waals surface area contributed by atoms with Gasteiger partial charge in [-0.15, -0.1) is 0 Å². The molecule has 1 amide bonds. The molecule has 126 valence electrons. The zero-order valence-electron chi connectivity index (χ0n) is 13.5. The van der Waals surface area contributed by atoms with Gasteiger partial charge in [0, 0.05) is 12.4 Å². The van der Waals surface area contributed by atoms with Crippen molar-refractivity contribution in [3.05, 3.63) is 71.8 Å². The van der Waals surface area contributed by atoms with Crippen LogP contribution in [0.4, 0.5) is 10.6 Å². The van der Waals surface area contributed by atoms with Crippen molar-refractivity contribution in [2.45, 2.75) is 6.61 Å². The summed E-state index contributed by atoms with van der Waals surface area (Å²) in [7, 11) is 1.50. The first-order valence-electron chi connectivity index (χ1n) is 7.64. The second-order valence-corrected chi connectivity index (χ2v) is 5.45. The van der Waals surface area contributed by atoms with Crippen LogP contribution in [0.1, 0.15) is 15.9 Å². The Balaban J connectivity index is 1.85. The minimum atomic E-state index is -1.08. The monoisotopic (exact) mass is 336 g/mol. The minimum Gasteiger partial charge on any atom is -0.478 e. The average molecular weight is 336 g/mol. The molecular formula is C19H16N2O4. The number of fused-ring (bicyclic) bond motifs is 1. The summed E-state index contributed by atoms with van der Waals surface area (Å²) in [5.74, 6) is -0.861. The van der Waals surface area contributed by atoms with Gasteiger partial charge in [0.15, 0.2) is 0 Å². The lowest BCUT2D eigenvalue weighted by Crippen LogP contribution is -2.28. The van der Waals surface area contributed by atoms with Gasteiger partial charge in [-0.3, -0.25) is 4.90 Å². The van der Waals surface area contributed by atoms with Crippen molar-refractivity contribution >= 4 is 28.8 Å². The highest BCUT2D eigenvalue weighted by Gasteiger charge is 2.18. The highest BCUT2D eigenvalue weighted by molar-refractivity contribution is 6.04. The zero-order valence-corrected chi connectivity index (χ0v) is 13.5. The minimum absolute atomic E-state index is 0.0864. The van der Waals surface area contributed by atoms with Gasteiger partial charge in [-0.25, -0.2) is 14.6 Å². The third-order valence-corrected chi connectivity index (χ3v) is 3.76. The standard InChI is InChI=1S/C19H16N2O4/c1-21(19(24)25-12-13-7-3-2-4-8-13)17-11-15(18(22)23)14-9-5-6-10-16(14)20-17/h2-11H,12H2,1H3,(H,22,23). The number of rotatable bonds is 4. The van der Waals surface area contributed by atoms with E-state index in [1.165, 1.54) is 18.0 Å². The number of amides is 1. The molecule has 0 bridgehead atoms. The van der Waals surface area contributed by atoms with E-state index in [9.17, 15) is 14.7 Å². The van der Waals surface area contributed by atoms with Crippen LogP contribution in [0.15, 0.2) is 60.7 Å². The van der Waals surface area contributed by atoms with E-state index in [0.717, 1.165) is 5.56 Å². The van der Waals surface area contributed by atoms with Crippen molar-refractivity contribution in [2.24, 2.45) is 0 Å². The summed E-state index contributed by atoms with van der Waals surface area (Å²) < 4.78 is 5.26. The molecule has 3 aromatic rings. The van der Waals surface area contributed by atoms with Crippen LogP contribution >= 0.6 is 0 Å². The van der Waals surface area contributed by atoms with E-state index in [1.54, 1.807) is 24.3 Å². The predicted octanol–water partition coefficient (Wildman–Crippen LogP) is 3.71. The number of aromatic nitrogens is 1. The number of carboxylic acid groups (broad SMARTS) is 1. The quantitative estimate of drug-likeness (QED) is 0.786. The molecule has 0 radical (unpaired) electrons. The van der Waals surface area contributed by atoms with Gasteiger partial charge in [0.1, 0.15) is 12.4 Å². The number of para-hydroxylation sites is 1. The zero-order chi connectivity index (χ0) is 17.8. The maximum atomic E-state index is 12.3. The Morgan fingerprint density at radius 2 is 1.76 bits per heavy atom. The fourth-order valence-corrected chi connectivity index (χ4v) is 2.42. The highest BCUT2D eigenvalue weighted by atomic mass is 16.6. The molecule has 0 atom stereocenters. The molecule has 6 heteroatoms. The molecule has 6 nitrogen and oxygen atoms in total. The van der Waals surface area contributed by atoms with Crippen LogP contribution in [0, 0.1) is 0 Å². The Labute approximate surface area is 144 Å². The molecule has 2 aromatic carbocycles. The number of ether oxygens (including phenoxy) is 1. The number of carbonyl (C=O) groups excluding carboxylic acids is 1. The van der Waals surface area contributed by atoms with Crippen LogP contribution in [0.3, 0.4) is 0 Å². The van der Waals surface area contributed by atoms with E-state index >= 15 is 0 Å². The van der Waals surface area contributed by atoms with Crippen LogP contribution in [0.25, 0.3) is 10.9 Å². The topological polar surface area (TPSA) is 79.7 Å². The maximum absolute atomic E-state index is 12.3. The number of benzene rings is 2. The van der Waals surface area contributed by atoms with Crippen molar-refractivity contribution in [3.8, 4) is 0 Å². The Kier molecular flexibility index (Phi) is 4.61. The molecule has 0 saturated heterocycles. The van der Waals surface area contributed by atoms with Crippen LogP contribution in [-0.4, -0.2) is 29.2 Å². The van der Waals surface area contributed by atoms with Gasteiger partial charge in [-0.05, 0) is 17.7 Å². The molecular weight excluding hydrogens is 320 g/mol. The first-order chi connectivity index (χ1) is 12.1. The molecule has 1 N–H and O–H groups in total. The lowest BCUT2D eigenvalue weighted by Gasteiger charge is -2.17. The van der Waals surface area contributed by atoms with Crippen molar-refractivity contribution < 1.29 is 19.4 Å². The van der Waals surface area contributed by atoms with Crippen LogP contribution in [-0.2, 0) is 11.3 Å². The SMILES string of the molecule is CN(C(=O)OCc1ccccc1)c1cc(C(=O)O)c2ccccc2n1. The number of hydrogen-bond donors (Lipinski definition) is 1. The number of carboxylic acids is 1. The van der Waals surface area contributed by atoms with E-state index < -0.39 is 12.1 Å². The number of anilines is 1. The molecule has 0 aliphatic carbocycles. The second-order valence-electron chi connectivity index (χ2n) is 5.45. The summed E-state index contributed by atoms with van der Waals surface area (Å²) in [6.45, 7) is 0.128. The van der Waals surface area contributed by atoms with E-state index in [2.05, 4.69) is 4.98 Å². The maximum Gasteiger partial charge on any atom is 0.415 e. The van der Waals surface area contributed by atoms with Crippen LogP contribution in [0.5, 0.6) is 0 Å². The normalized spacial score (nSPS) is 10.4. The van der Waals surface area contributed by atoms with E-state index in [-0.39, 0.29) is 18.0 Å². The molecule has 0 unspecified atom stereocenters. The molecule has 0 saturated carbocycles. The molecule has 1 heterocycles. The van der Waals surface area contributed by atoms with Crippen molar-refractivity contribution in [1.82, 2.24) is 4.98 Å². The summed E-state index contributed by atoms with van der Waals surface area (Å²) in [6.07, 6.45) is -0.608. The average Bonchev–Trinajstić information content (AvgIpc) is 2.65. The summed E-state index contributed by atoms with van der Waals surface area (Å²) in [6, 6.07) is 17.6. The molecule has 25 heavy (non-hydrogen) atoms. The Morgan fingerprint density at radius 1 is 1.08 bits per heavy atom. The number of nitrogens with zero attached hydrogens (tertiary/aromatic N) is 2. The fraction of sp³-hybridized carbons (Fsp3) is 0.105. The second kappa shape index (κ2) is 7.00.